The van der Waals surface area contributed by atoms with Crippen molar-refractivity contribution in [3.05, 3.63) is 35.9 Å². The van der Waals surface area contributed by atoms with Crippen LogP contribution >= 0.6 is 0 Å². The zero-order valence-electron chi connectivity index (χ0n) is 13.4. The summed E-state index contributed by atoms with van der Waals surface area (Å²) in [6.07, 6.45) is 12.7. The summed E-state index contributed by atoms with van der Waals surface area (Å²) in [7, 11) is 0. The summed E-state index contributed by atoms with van der Waals surface area (Å²) in [5.74, 6) is 0. The maximum atomic E-state index is 8.68. The number of hydrogen-bond acceptors (Lipinski definition) is 2. The topological polar surface area (TPSA) is 29.5 Å². The summed E-state index contributed by atoms with van der Waals surface area (Å²) in [5, 5.41) is 8.68. The molecule has 0 bridgehead atoms. The Kier molecular flexibility index (Phi) is 12.2. The normalized spacial score (nSPS) is 10.9. The van der Waals surface area contributed by atoms with Gasteiger partial charge in [0.2, 0.25) is 0 Å². The first-order valence-electron chi connectivity index (χ1n) is 8.66. The first kappa shape index (κ1) is 18.2. The highest BCUT2D eigenvalue weighted by Crippen LogP contribution is 2.10. The molecule has 1 N–H and O–H groups in total. The van der Waals surface area contributed by atoms with Crippen molar-refractivity contribution in [1.29, 1.82) is 0 Å². The van der Waals surface area contributed by atoms with E-state index in [-0.39, 0.29) is 0 Å². The second kappa shape index (κ2) is 14.1. The third kappa shape index (κ3) is 11.5. The molecule has 120 valence electrons. The minimum atomic E-state index is 0.354. The zero-order chi connectivity index (χ0) is 15.0. The Balaban J connectivity index is 1.75. The quantitative estimate of drug-likeness (QED) is 0.484. The van der Waals surface area contributed by atoms with Crippen molar-refractivity contribution in [2.45, 2.75) is 70.8 Å². The van der Waals surface area contributed by atoms with Gasteiger partial charge in [-0.2, -0.15) is 0 Å². The van der Waals surface area contributed by atoms with Gasteiger partial charge in [-0.3, -0.25) is 0 Å². The predicted molar refractivity (Wildman–Crippen MR) is 89.4 cm³/mol. The second-order valence-electron chi connectivity index (χ2n) is 5.80. The van der Waals surface area contributed by atoms with E-state index in [1.807, 2.05) is 6.07 Å². The molecule has 0 fully saturated rings. The van der Waals surface area contributed by atoms with E-state index in [1.165, 1.54) is 63.4 Å². The van der Waals surface area contributed by atoms with Crippen molar-refractivity contribution in [2.24, 2.45) is 0 Å². The molecule has 0 aromatic heterocycles. The van der Waals surface area contributed by atoms with Gasteiger partial charge in [0.15, 0.2) is 0 Å². The Labute approximate surface area is 130 Å². The number of hydrogen-bond donors (Lipinski definition) is 1. The molecule has 0 aliphatic rings. The van der Waals surface area contributed by atoms with Crippen LogP contribution < -0.4 is 0 Å². The van der Waals surface area contributed by atoms with Crippen LogP contribution in [0.15, 0.2) is 30.3 Å². The Hall–Kier alpha value is -0.860. The van der Waals surface area contributed by atoms with Crippen molar-refractivity contribution in [2.75, 3.05) is 13.2 Å². The molecule has 0 aliphatic carbocycles. The lowest BCUT2D eigenvalue weighted by Crippen LogP contribution is -1.95. The third-order valence-electron chi connectivity index (χ3n) is 3.81. The summed E-state index contributed by atoms with van der Waals surface area (Å²) < 4.78 is 5.68. The first-order chi connectivity index (χ1) is 10.4. The van der Waals surface area contributed by atoms with Gasteiger partial charge in [0, 0.05) is 13.2 Å². The average Bonchev–Trinajstić information content (AvgIpc) is 2.53. The van der Waals surface area contributed by atoms with Gasteiger partial charge in [-0.15, -0.1) is 0 Å². The molecule has 2 heteroatoms. The Bertz CT molecular complexity index is 311. The highest BCUT2D eigenvalue weighted by Gasteiger charge is 1.94. The second-order valence-corrected chi connectivity index (χ2v) is 5.80. The van der Waals surface area contributed by atoms with Crippen molar-refractivity contribution < 1.29 is 9.84 Å². The summed E-state index contributed by atoms with van der Waals surface area (Å²) >= 11 is 0. The van der Waals surface area contributed by atoms with E-state index in [0.29, 0.717) is 6.61 Å². The lowest BCUT2D eigenvalue weighted by atomic mass is 10.1. The lowest BCUT2D eigenvalue weighted by Gasteiger charge is -2.05. The first-order valence-corrected chi connectivity index (χ1v) is 8.66. The Morgan fingerprint density at radius 1 is 0.667 bits per heavy atom. The van der Waals surface area contributed by atoms with Crippen LogP contribution in [0, 0.1) is 0 Å². The van der Waals surface area contributed by atoms with E-state index in [2.05, 4.69) is 24.3 Å². The molecule has 1 rings (SSSR count). The summed E-state index contributed by atoms with van der Waals surface area (Å²) in [4.78, 5) is 0. The molecule has 2 nitrogen and oxygen atoms in total. The molecular weight excluding hydrogens is 260 g/mol. The molecule has 0 unspecified atom stereocenters. The number of aliphatic hydroxyl groups is 1. The highest BCUT2D eigenvalue weighted by atomic mass is 16.5. The minimum absolute atomic E-state index is 0.354. The molecule has 0 atom stereocenters. The van der Waals surface area contributed by atoms with E-state index in [4.69, 9.17) is 9.84 Å². The molecule has 0 radical (unpaired) electrons. The van der Waals surface area contributed by atoms with Crippen LogP contribution in [0.4, 0.5) is 0 Å². The van der Waals surface area contributed by atoms with Gasteiger partial charge in [-0.25, -0.2) is 0 Å². The van der Waals surface area contributed by atoms with Crippen molar-refractivity contribution in [3.63, 3.8) is 0 Å². The molecule has 0 saturated carbocycles. The van der Waals surface area contributed by atoms with Gasteiger partial charge in [0.25, 0.3) is 0 Å². The molecule has 1 aromatic rings. The molecule has 0 aliphatic heterocycles. The number of unbranched alkanes of at least 4 members (excludes halogenated alkanes) is 9. The summed E-state index contributed by atoms with van der Waals surface area (Å²) in [6, 6.07) is 10.4. The fraction of sp³-hybridized carbons (Fsp3) is 0.684. The maximum Gasteiger partial charge on any atom is 0.0716 e. The summed E-state index contributed by atoms with van der Waals surface area (Å²) in [6.45, 7) is 1.98. The minimum Gasteiger partial charge on any atom is -0.396 e. The van der Waals surface area contributed by atoms with E-state index in [9.17, 15) is 0 Å². The fourth-order valence-electron chi connectivity index (χ4n) is 2.49. The molecule has 0 saturated heterocycles. The zero-order valence-corrected chi connectivity index (χ0v) is 13.4. The van der Waals surface area contributed by atoms with Gasteiger partial charge >= 0.3 is 0 Å². The van der Waals surface area contributed by atoms with Crippen LogP contribution in [0.3, 0.4) is 0 Å². The lowest BCUT2D eigenvalue weighted by molar-refractivity contribution is 0.116. The maximum absolute atomic E-state index is 8.68. The predicted octanol–water partition coefficient (Wildman–Crippen LogP) is 5.10. The van der Waals surface area contributed by atoms with Crippen molar-refractivity contribution >= 4 is 0 Å². The SMILES string of the molecule is OCCCCCCCCCCCCOCc1ccccc1. The van der Waals surface area contributed by atoms with E-state index < -0.39 is 0 Å². The third-order valence-corrected chi connectivity index (χ3v) is 3.81. The van der Waals surface area contributed by atoms with Crippen molar-refractivity contribution in [1.82, 2.24) is 0 Å². The Morgan fingerprint density at radius 2 is 1.19 bits per heavy atom. The average molecular weight is 292 g/mol. The van der Waals surface area contributed by atoms with E-state index in [1.54, 1.807) is 0 Å². The largest absolute Gasteiger partial charge is 0.396 e. The Morgan fingerprint density at radius 3 is 1.76 bits per heavy atom. The molecule has 0 spiro atoms. The van der Waals surface area contributed by atoms with Gasteiger partial charge in [-0.1, -0.05) is 81.7 Å². The molecule has 0 heterocycles. The standard InChI is InChI=1S/C19H32O2/c20-16-12-7-5-3-1-2-4-6-8-13-17-21-18-19-14-10-9-11-15-19/h9-11,14-15,20H,1-8,12-13,16-18H2. The van der Waals surface area contributed by atoms with Gasteiger partial charge in [-0.05, 0) is 18.4 Å². The highest BCUT2D eigenvalue weighted by molar-refractivity contribution is 5.13. The number of benzene rings is 1. The van der Waals surface area contributed by atoms with Crippen LogP contribution in [0.1, 0.15) is 69.8 Å². The number of ether oxygens (including phenoxy) is 1. The molecule has 21 heavy (non-hydrogen) atoms. The molecular formula is C19H32O2. The van der Waals surface area contributed by atoms with E-state index >= 15 is 0 Å². The fourth-order valence-corrected chi connectivity index (χ4v) is 2.49. The van der Waals surface area contributed by atoms with Gasteiger partial charge in [0.05, 0.1) is 6.61 Å². The monoisotopic (exact) mass is 292 g/mol. The smallest absolute Gasteiger partial charge is 0.0716 e. The molecule has 1 aromatic carbocycles. The van der Waals surface area contributed by atoms with Gasteiger partial charge < -0.3 is 9.84 Å². The number of aliphatic hydroxyl groups excluding tert-OH is 1. The van der Waals surface area contributed by atoms with E-state index in [0.717, 1.165) is 19.6 Å². The number of rotatable bonds is 14. The van der Waals surface area contributed by atoms with Crippen LogP contribution in [-0.2, 0) is 11.3 Å². The molecule has 0 amide bonds. The van der Waals surface area contributed by atoms with Crippen LogP contribution in [-0.4, -0.2) is 18.3 Å². The summed E-state index contributed by atoms with van der Waals surface area (Å²) in [5.41, 5.74) is 1.26. The van der Waals surface area contributed by atoms with Gasteiger partial charge in [0.1, 0.15) is 0 Å². The van der Waals surface area contributed by atoms with Crippen LogP contribution in [0.25, 0.3) is 0 Å². The van der Waals surface area contributed by atoms with Crippen molar-refractivity contribution in [3.8, 4) is 0 Å². The van der Waals surface area contributed by atoms with Crippen LogP contribution in [0.2, 0.25) is 0 Å². The van der Waals surface area contributed by atoms with Crippen LogP contribution in [0.5, 0.6) is 0 Å².